The van der Waals surface area contributed by atoms with Gasteiger partial charge in [-0.1, -0.05) is 84.4 Å². The molecule has 3 rings (SSSR count). The number of aliphatic hydroxyl groups is 3. The molecule has 10 heteroatoms. The van der Waals surface area contributed by atoms with Crippen molar-refractivity contribution < 1.29 is 44.0 Å². The first-order valence-electron chi connectivity index (χ1n) is 23.6. The lowest BCUT2D eigenvalue weighted by Crippen LogP contribution is -2.52. The predicted octanol–water partition coefficient (Wildman–Crippen LogP) is 9.05. The van der Waals surface area contributed by atoms with Gasteiger partial charge in [-0.05, 0) is 132 Å². The van der Waals surface area contributed by atoms with Gasteiger partial charge in [0.2, 0.25) is 5.91 Å². The standard InChI is InChI=1S/C51H83NO9/c1-33-16-12-11-13-17-35(3)47(60-10)27-34(2)19-20-40(8)51(9,59)32-49(57)52-25-15-14-18-43(52)50(58)61-48(39(7)29-41-21-23-42(53)24-22-41)31-46(56)38(6)28-37(5)45(55)30-44(54)36(4)26-33/h11-13,16-17,28,33-34,36,38-43,45,47-48,53,55,59H,14-15,18-27,29-32H2,1-10H3/b13-11+,16-12+,35-17+,37-28+/t33-,34+,36-,38-,39-,40-,41-,42-,43?,45+,47+,48+,51-/m1/s1. The van der Waals surface area contributed by atoms with Crippen molar-refractivity contribution in [3.05, 3.63) is 47.6 Å². The first kappa shape index (κ1) is 52.4. The summed E-state index contributed by atoms with van der Waals surface area (Å²) in [6, 6.07) is -0.808. The van der Waals surface area contributed by atoms with Gasteiger partial charge in [-0.15, -0.1) is 0 Å². The number of allylic oxidation sites excluding steroid dienone is 6. The van der Waals surface area contributed by atoms with Crippen molar-refractivity contribution in [2.24, 2.45) is 41.4 Å². The topological polar surface area (TPSA) is 151 Å². The third-order valence-corrected chi connectivity index (χ3v) is 14.2. The quantitative estimate of drug-likeness (QED) is 0.186. The molecule has 1 saturated carbocycles. The van der Waals surface area contributed by atoms with Gasteiger partial charge in [0.1, 0.15) is 23.7 Å². The summed E-state index contributed by atoms with van der Waals surface area (Å²) in [5, 5.41) is 32.9. The van der Waals surface area contributed by atoms with Crippen molar-refractivity contribution in [2.75, 3.05) is 13.7 Å². The number of methoxy groups -OCH3 is 1. The van der Waals surface area contributed by atoms with Gasteiger partial charge in [-0.2, -0.15) is 0 Å². The Kier molecular flexibility index (Phi) is 21.8. The molecule has 2 fully saturated rings. The SMILES string of the molecule is CO[C@H]1C[C@@H](C)CC[C@@H](C)[C@](C)(O)CC(=O)N2CCCCC2C(=O)O[C@H]([C@H](C)C[C@H]2CC[C@H](O)CC2)CC(=O)[C@H](C)/C=C(\C)[C@@H](O)CC(=O)[C@H](C)C[C@H](C)/C=C/C=C/C=C/1C. The van der Waals surface area contributed by atoms with Crippen LogP contribution >= 0.6 is 0 Å². The van der Waals surface area contributed by atoms with Crippen molar-refractivity contribution in [2.45, 2.75) is 195 Å². The molecule has 1 unspecified atom stereocenters. The van der Waals surface area contributed by atoms with Crippen LogP contribution in [0.3, 0.4) is 0 Å². The molecule has 3 aliphatic rings. The highest BCUT2D eigenvalue weighted by Gasteiger charge is 2.40. The Morgan fingerprint density at radius 1 is 0.852 bits per heavy atom. The van der Waals surface area contributed by atoms with Gasteiger partial charge in [0.05, 0.1) is 30.3 Å². The van der Waals surface area contributed by atoms with E-state index in [1.807, 2.05) is 39.0 Å². The molecule has 3 N–H and O–H groups in total. The van der Waals surface area contributed by atoms with E-state index < -0.39 is 35.7 Å². The summed E-state index contributed by atoms with van der Waals surface area (Å²) in [6.07, 6.45) is 18.4. The molecule has 0 aromatic carbocycles. The van der Waals surface area contributed by atoms with Gasteiger partial charge in [0.25, 0.3) is 0 Å². The van der Waals surface area contributed by atoms with Gasteiger partial charge in [-0.3, -0.25) is 14.4 Å². The maximum absolute atomic E-state index is 14.2. The zero-order chi connectivity index (χ0) is 45.4. The fourth-order valence-electron chi connectivity index (χ4n) is 9.43. The summed E-state index contributed by atoms with van der Waals surface area (Å²) in [6.45, 7) is 17.8. The number of hydrogen-bond donors (Lipinski definition) is 3. The number of carbonyl (C=O) groups is 4. The van der Waals surface area contributed by atoms with Crippen LogP contribution in [-0.4, -0.2) is 93.4 Å². The molecule has 1 saturated heterocycles. The largest absolute Gasteiger partial charge is 0.460 e. The maximum atomic E-state index is 14.2. The minimum atomic E-state index is -1.29. The van der Waals surface area contributed by atoms with E-state index in [0.29, 0.717) is 36.8 Å². The Morgan fingerprint density at radius 3 is 2.21 bits per heavy atom. The van der Waals surface area contributed by atoms with Crippen LogP contribution < -0.4 is 0 Å². The third-order valence-electron chi connectivity index (χ3n) is 14.2. The minimum absolute atomic E-state index is 0.0219. The van der Waals surface area contributed by atoms with Crippen molar-refractivity contribution in [3.8, 4) is 0 Å². The Hall–Kier alpha value is -2.92. The van der Waals surface area contributed by atoms with E-state index in [9.17, 15) is 34.5 Å². The van der Waals surface area contributed by atoms with Crippen molar-refractivity contribution in [1.29, 1.82) is 0 Å². The Labute approximate surface area is 368 Å². The van der Waals surface area contributed by atoms with E-state index in [1.54, 1.807) is 38.9 Å². The molecule has 1 amide bonds. The Balaban J connectivity index is 1.91. The highest BCUT2D eigenvalue weighted by molar-refractivity contribution is 5.86. The van der Waals surface area contributed by atoms with Crippen LogP contribution in [0.1, 0.15) is 159 Å². The molecule has 0 spiro atoms. The monoisotopic (exact) mass is 854 g/mol. The molecule has 1 aliphatic carbocycles. The number of esters is 1. The van der Waals surface area contributed by atoms with Crippen molar-refractivity contribution in [1.82, 2.24) is 4.90 Å². The average Bonchev–Trinajstić information content (AvgIpc) is 3.21. The number of hydrogen-bond acceptors (Lipinski definition) is 9. The molecule has 0 aromatic rings. The first-order valence-corrected chi connectivity index (χ1v) is 23.6. The maximum Gasteiger partial charge on any atom is 0.329 e. The number of amides is 1. The zero-order valence-electron chi connectivity index (χ0n) is 39.4. The second-order valence-corrected chi connectivity index (χ2v) is 19.9. The van der Waals surface area contributed by atoms with E-state index in [2.05, 4.69) is 32.9 Å². The van der Waals surface area contributed by atoms with E-state index in [0.717, 1.165) is 69.8 Å². The Bertz CT molecular complexity index is 1540. The fourth-order valence-corrected chi connectivity index (χ4v) is 9.43. The van der Waals surface area contributed by atoms with Crippen LogP contribution in [0.4, 0.5) is 0 Å². The average molecular weight is 854 g/mol. The fraction of sp³-hybridized carbons (Fsp3) is 0.765. The molecule has 0 bridgehead atoms. The Morgan fingerprint density at radius 2 is 1.54 bits per heavy atom. The molecular weight excluding hydrogens is 771 g/mol. The molecule has 2 aliphatic heterocycles. The van der Waals surface area contributed by atoms with Crippen LogP contribution in [0, 0.1) is 41.4 Å². The normalized spacial score (nSPS) is 39.3. The number of Topliss-reactive ketones (excluding diaryl/α,β-unsaturated/α-hetero) is 2. The number of cyclic esters (lactones) is 1. The highest BCUT2D eigenvalue weighted by Crippen LogP contribution is 2.34. The number of nitrogens with zero attached hydrogens (tertiary/aromatic N) is 1. The molecule has 346 valence electrons. The van der Waals surface area contributed by atoms with Crippen LogP contribution in [0.25, 0.3) is 0 Å². The third kappa shape index (κ3) is 17.3. The lowest BCUT2D eigenvalue weighted by Gasteiger charge is -2.38. The molecule has 2 heterocycles. The van der Waals surface area contributed by atoms with Gasteiger partial charge < -0.3 is 29.7 Å². The van der Waals surface area contributed by atoms with Crippen molar-refractivity contribution in [3.63, 3.8) is 0 Å². The van der Waals surface area contributed by atoms with Gasteiger partial charge in [0, 0.05) is 38.3 Å². The van der Waals surface area contributed by atoms with Gasteiger partial charge in [0.15, 0.2) is 0 Å². The van der Waals surface area contributed by atoms with E-state index in [1.165, 1.54) is 0 Å². The molecule has 10 nitrogen and oxygen atoms in total. The molecule has 0 aromatic heterocycles. The lowest BCUT2D eigenvalue weighted by atomic mass is 9.79. The summed E-state index contributed by atoms with van der Waals surface area (Å²) in [4.78, 5) is 56.9. The smallest absolute Gasteiger partial charge is 0.329 e. The van der Waals surface area contributed by atoms with E-state index >= 15 is 0 Å². The second kappa shape index (κ2) is 25.4. The van der Waals surface area contributed by atoms with E-state index in [4.69, 9.17) is 9.47 Å². The summed E-state index contributed by atoms with van der Waals surface area (Å²) in [7, 11) is 1.72. The number of piperidine rings is 1. The van der Waals surface area contributed by atoms with Crippen LogP contribution in [-0.2, 0) is 28.7 Å². The molecular formula is C51H83NO9. The summed E-state index contributed by atoms with van der Waals surface area (Å²) in [5.41, 5.74) is 0.369. The summed E-state index contributed by atoms with van der Waals surface area (Å²) in [5.74, 6) is -1.36. The van der Waals surface area contributed by atoms with Crippen LogP contribution in [0.15, 0.2) is 47.6 Å². The number of aliphatic hydroxyl groups excluding tert-OH is 2. The first-order chi connectivity index (χ1) is 28.7. The predicted molar refractivity (Wildman–Crippen MR) is 242 cm³/mol. The lowest BCUT2D eigenvalue weighted by molar-refractivity contribution is -0.166. The second-order valence-electron chi connectivity index (χ2n) is 19.9. The number of carbonyl (C=O) groups excluding carboxylic acids is 4. The van der Waals surface area contributed by atoms with Crippen LogP contribution in [0.2, 0.25) is 0 Å². The number of ether oxygens (including phenoxy) is 2. The van der Waals surface area contributed by atoms with Crippen LogP contribution in [0.5, 0.6) is 0 Å². The number of rotatable bonds is 4. The zero-order valence-corrected chi connectivity index (χ0v) is 39.4. The minimum Gasteiger partial charge on any atom is -0.460 e. The van der Waals surface area contributed by atoms with Gasteiger partial charge >= 0.3 is 5.97 Å². The highest BCUT2D eigenvalue weighted by atomic mass is 16.5. The van der Waals surface area contributed by atoms with Crippen molar-refractivity contribution >= 4 is 23.4 Å². The van der Waals surface area contributed by atoms with E-state index in [-0.39, 0.29) is 72.6 Å². The molecule has 61 heavy (non-hydrogen) atoms. The van der Waals surface area contributed by atoms with Gasteiger partial charge in [-0.25, -0.2) is 4.79 Å². The number of fused-ring (bicyclic) bond motifs is 1. The summed E-state index contributed by atoms with van der Waals surface area (Å²) < 4.78 is 12.2. The summed E-state index contributed by atoms with van der Waals surface area (Å²) >= 11 is 0. The molecule has 0 radical (unpaired) electrons. The number of ketones is 2. The molecule has 11 atom stereocenters.